The largest absolute Gasteiger partial charge is 0.343 e. The van der Waals surface area contributed by atoms with Gasteiger partial charge in [-0.15, -0.1) is 0 Å². The van der Waals surface area contributed by atoms with E-state index in [0.29, 0.717) is 51.9 Å². The van der Waals surface area contributed by atoms with Crippen molar-refractivity contribution in [1.82, 2.24) is 15.5 Å². The SMILES string of the molecule is CS(=O)(=O)N1CC2(CCN(C(=O)[C@@H](Cc3ccc(Br)cc3)NC(=O)[C@H]3Cc4ccccc4CN3)CC2)c2ccccc21. The van der Waals surface area contributed by atoms with Gasteiger partial charge in [0, 0.05) is 42.5 Å². The van der Waals surface area contributed by atoms with E-state index >= 15 is 0 Å². The minimum atomic E-state index is -3.42. The third-order valence-corrected chi connectivity index (χ3v) is 10.6. The molecule has 0 saturated carbocycles. The van der Waals surface area contributed by atoms with Gasteiger partial charge >= 0.3 is 0 Å². The van der Waals surface area contributed by atoms with Gasteiger partial charge in [0.1, 0.15) is 6.04 Å². The van der Waals surface area contributed by atoms with Crippen molar-refractivity contribution in [3.05, 3.63) is 99.5 Å². The van der Waals surface area contributed by atoms with Gasteiger partial charge in [-0.1, -0.05) is 70.5 Å². The number of sulfonamides is 1. The third kappa shape index (κ3) is 5.72. The molecule has 3 aliphatic heterocycles. The van der Waals surface area contributed by atoms with Crippen molar-refractivity contribution in [3.8, 4) is 0 Å². The number of nitrogens with one attached hydrogen (secondary N) is 2. The maximum Gasteiger partial charge on any atom is 0.245 e. The summed E-state index contributed by atoms with van der Waals surface area (Å²) in [5.74, 6) is -0.287. The van der Waals surface area contributed by atoms with Crippen LogP contribution in [0.5, 0.6) is 0 Å². The van der Waals surface area contributed by atoms with Crippen LogP contribution in [0.2, 0.25) is 0 Å². The summed E-state index contributed by atoms with van der Waals surface area (Å²) >= 11 is 3.47. The first kappa shape index (κ1) is 28.9. The van der Waals surface area contributed by atoms with Crippen molar-refractivity contribution in [2.24, 2.45) is 0 Å². The fraction of sp³-hybridized carbons (Fsp3) is 0.375. The Labute approximate surface area is 255 Å². The lowest BCUT2D eigenvalue weighted by molar-refractivity contribution is -0.138. The molecule has 6 rings (SSSR count). The van der Waals surface area contributed by atoms with Crippen molar-refractivity contribution >= 4 is 43.5 Å². The molecule has 2 amide bonds. The lowest BCUT2D eigenvalue weighted by Crippen LogP contribution is -2.57. The second-order valence-corrected chi connectivity index (χ2v) is 14.5. The summed E-state index contributed by atoms with van der Waals surface area (Å²) < 4.78 is 27.6. The zero-order valence-electron chi connectivity index (χ0n) is 23.6. The zero-order chi connectivity index (χ0) is 29.5. The first-order valence-corrected chi connectivity index (χ1v) is 17.0. The van der Waals surface area contributed by atoms with Gasteiger partial charge in [-0.05, 0) is 59.7 Å². The van der Waals surface area contributed by atoms with E-state index in [1.807, 2.05) is 65.6 Å². The Kier molecular flexibility index (Phi) is 7.89. The van der Waals surface area contributed by atoms with E-state index in [4.69, 9.17) is 0 Å². The number of para-hydroxylation sites is 1. The highest BCUT2D eigenvalue weighted by molar-refractivity contribution is 9.10. The average Bonchev–Trinajstić information content (AvgIpc) is 3.32. The second-order valence-electron chi connectivity index (χ2n) is 11.7. The van der Waals surface area contributed by atoms with Crippen LogP contribution in [0.15, 0.2) is 77.3 Å². The van der Waals surface area contributed by atoms with Gasteiger partial charge in [-0.25, -0.2) is 8.42 Å². The highest BCUT2D eigenvalue weighted by Crippen LogP contribution is 2.47. The minimum absolute atomic E-state index is 0.108. The summed E-state index contributed by atoms with van der Waals surface area (Å²) in [5, 5.41) is 6.42. The summed E-state index contributed by atoms with van der Waals surface area (Å²) in [6, 6.07) is 22.5. The summed E-state index contributed by atoms with van der Waals surface area (Å²) in [6.45, 7) is 1.99. The molecule has 220 valence electrons. The maximum absolute atomic E-state index is 14.0. The molecule has 1 fully saturated rings. The molecule has 3 aromatic rings. The summed E-state index contributed by atoms with van der Waals surface area (Å²) in [6.07, 6.45) is 3.51. The van der Waals surface area contributed by atoms with Crippen molar-refractivity contribution in [2.75, 3.05) is 30.2 Å². The highest BCUT2D eigenvalue weighted by atomic mass is 79.9. The van der Waals surface area contributed by atoms with Crippen molar-refractivity contribution in [1.29, 1.82) is 0 Å². The smallest absolute Gasteiger partial charge is 0.245 e. The molecule has 3 aromatic carbocycles. The Morgan fingerprint density at radius 3 is 2.38 bits per heavy atom. The molecule has 8 nitrogen and oxygen atoms in total. The Bertz CT molecular complexity index is 1600. The van der Waals surface area contributed by atoms with Gasteiger partial charge in [-0.3, -0.25) is 13.9 Å². The van der Waals surface area contributed by atoms with Crippen LogP contribution in [0, 0.1) is 0 Å². The molecule has 3 aliphatic rings. The molecular formula is C32H35BrN4O4S. The molecule has 0 aliphatic carbocycles. The van der Waals surface area contributed by atoms with E-state index in [-0.39, 0.29) is 17.2 Å². The molecule has 1 saturated heterocycles. The summed E-state index contributed by atoms with van der Waals surface area (Å²) in [7, 11) is -3.42. The molecule has 42 heavy (non-hydrogen) atoms. The number of amides is 2. The molecule has 0 unspecified atom stereocenters. The van der Waals surface area contributed by atoms with E-state index in [2.05, 4.69) is 38.7 Å². The number of anilines is 1. The number of fused-ring (bicyclic) bond motifs is 3. The van der Waals surface area contributed by atoms with E-state index in [0.717, 1.165) is 26.9 Å². The van der Waals surface area contributed by atoms with Crippen LogP contribution >= 0.6 is 15.9 Å². The molecule has 10 heteroatoms. The monoisotopic (exact) mass is 650 g/mol. The first-order valence-electron chi connectivity index (χ1n) is 14.3. The van der Waals surface area contributed by atoms with Gasteiger partial charge in [0.15, 0.2) is 0 Å². The van der Waals surface area contributed by atoms with Crippen molar-refractivity contribution in [3.63, 3.8) is 0 Å². The Morgan fingerprint density at radius 1 is 1.00 bits per heavy atom. The van der Waals surface area contributed by atoms with Crippen LogP contribution < -0.4 is 14.9 Å². The van der Waals surface area contributed by atoms with Gasteiger partial charge in [0.25, 0.3) is 0 Å². The minimum Gasteiger partial charge on any atom is -0.343 e. The van der Waals surface area contributed by atoms with Gasteiger partial charge in [0.2, 0.25) is 21.8 Å². The van der Waals surface area contributed by atoms with E-state index in [1.165, 1.54) is 16.1 Å². The first-order chi connectivity index (χ1) is 20.1. The number of hydrogen-bond acceptors (Lipinski definition) is 5. The quantitative estimate of drug-likeness (QED) is 0.425. The van der Waals surface area contributed by atoms with Gasteiger partial charge in [0.05, 0.1) is 18.0 Å². The molecule has 0 bridgehead atoms. The third-order valence-electron chi connectivity index (χ3n) is 8.99. The number of halogens is 1. The molecule has 0 radical (unpaired) electrons. The number of carbonyl (C=O) groups excluding carboxylic acids is 2. The van der Waals surface area contributed by atoms with Crippen LogP contribution in [-0.4, -0.2) is 63.1 Å². The predicted octanol–water partition coefficient (Wildman–Crippen LogP) is 3.53. The predicted molar refractivity (Wildman–Crippen MR) is 167 cm³/mol. The number of likely N-dealkylation sites (tertiary alicyclic amines) is 1. The maximum atomic E-state index is 14.0. The number of nitrogens with zero attached hydrogens (tertiary/aromatic N) is 2. The van der Waals surface area contributed by atoms with Crippen LogP contribution in [0.25, 0.3) is 0 Å². The Hall–Kier alpha value is -3.21. The Balaban J connectivity index is 1.19. The number of piperidine rings is 1. The average molecular weight is 652 g/mol. The van der Waals surface area contributed by atoms with Crippen LogP contribution in [-0.2, 0) is 44.4 Å². The summed E-state index contributed by atoms with van der Waals surface area (Å²) in [5.41, 5.74) is 4.73. The van der Waals surface area contributed by atoms with E-state index in [9.17, 15) is 18.0 Å². The van der Waals surface area contributed by atoms with Crippen LogP contribution in [0.4, 0.5) is 5.69 Å². The second kappa shape index (κ2) is 11.5. The molecule has 0 aromatic heterocycles. The van der Waals surface area contributed by atoms with Gasteiger partial charge < -0.3 is 15.5 Å². The fourth-order valence-corrected chi connectivity index (χ4v) is 7.91. The zero-order valence-corrected chi connectivity index (χ0v) is 26.0. The fourth-order valence-electron chi connectivity index (χ4n) is 6.65. The van der Waals surface area contributed by atoms with Gasteiger partial charge in [-0.2, -0.15) is 0 Å². The number of carbonyl (C=O) groups is 2. The topological polar surface area (TPSA) is 98.8 Å². The van der Waals surface area contributed by atoms with Crippen molar-refractivity contribution < 1.29 is 18.0 Å². The lowest BCUT2D eigenvalue weighted by Gasteiger charge is -2.41. The molecule has 1 spiro atoms. The molecular weight excluding hydrogens is 616 g/mol. The van der Waals surface area contributed by atoms with Crippen LogP contribution in [0.3, 0.4) is 0 Å². The molecule has 3 heterocycles. The summed E-state index contributed by atoms with van der Waals surface area (Å²) in [4.78, 5) is 29.4. The number of rotatable bonds is 6. The van der Waals surface area contributed by atoms with Crippen molar-refractivity contribution in [2.45, 2.75) is 49.7 Å². The van der Waals surface area contributed by atoms with E-state index < -0.39 is 22.1 Å². The van der Waals surface area contributed by atoms with E-state index in [1.54, 1.807) is 0 Å². The normalized spacial score (nSPS) is 20.1. The lowest BCUT2D eigenvalue weighted by atomic mass is 9.74. The number of benzene rings is 3. The standard InChI is InChI=1S/C32H35BrN4O4S/c1-42(40,41)37-21-32(26-8-4-5-9-29(26)37)14-16-36(17-15-32)31(39)28(18-22-10-12-25(33)13-11-22)35-30(38)27-19-23-6-2-3-7-24(23)20-34-27/h2-13,27-28,34H,14-21H2,1H3,(H,35,38)/t27-,28-/m1/s1. The Morgan fingerprint density at radius 2 is 1.67 bits per heavy atom. The molecule has 2 atom stereocenters. The molecule has 2 N–H and O–H groups in total. The highest BCUT2D eigenvalue weighted by Gasteiger charge is 2.48. The number of hydrogen-bond donors (Lipinski definition) is 2. The van der Waals surface area contributed by atoms with Crippen LogP contribution in [0.1, 0.15) is 35.1 Å².